The van der Waals surface area contributed by atoms with Crippen LogP contribution in [0, 0.1) is 0 Å². The Labute approximate surface area is 136 Å². The second-order valence-electron chi connectivity index (χ2n) is 6.97. The molecule has 5 heteroatoms. The number of amides is 1. The van der Waals surface area contributed by atoms with Gasteiger partial charge in [0.2, 0.25) is 5.91 Å². The van der Waals surface area contributed by atoms with Crippen molar-refractivity contribution in [1.29, 1.82) is 0 Å². The molecular formula is C18H24N4O. The van der Waals surface area contributed by atoms with Gasteiger partial charge in [0.15, 0.2) is 0 Å². The van der Waals surface area contributed by atoms with Crippen LogP contribution in [0.5, 0.6) is 0 Å². The Morgan fingerprint density at radius 1 is 1.26 bits per heavy atom. The van der Waals surface area contributed by atoms with Crippen molar-refractivity contribution < 1.29 is 4.79 Å². The maximum Gasteiger partial charge on any atom is 0.223 e. The first-order chi connectivity index (χ1) is 11.2. The summed E-state index contributed by atoms with van der Waals surface area (Å²) in [7, 11) is 1.97. The molecule has 23 heavy (non-hydrogen) atoms. The number of aryl methyl sites for hydroxylation is 1. The highest BCUT2D eigenvalue weighted by Crippen LogP contribution is 2.29. The third kappa shape index (κ3) is 2.98. The highest BCUT2D eigenvalue weighted by Gasteiger charge is 2.36. The van der Waals surface area contributed by atoms with Gasteiger partial charge in [-0.2, -0.15) is 0 Å². The standard InChI is InChI=1S/C18H24N4O/c1-22(14-10-12-6-7-13(11-14)19-12)18(23)9-8-17-20-15-4-2-3-5-16(15)21-17/h2-5,12-14,19H,6-11H2,1H3,(H,20,21). The van der Waals surface area contributed by atoms with E-state index in [-0.39, 0.29) is 5.91 Å². The molecule has 2 N–H and O–H groups in total. The number of aromatic nitrogens is 2. The number of para-hydroxylation sites is 2. The monoisotopic (exact) mass is 312 g/mol. The Kier molecular flexibility index (Phi) is 3.81. The molecule has 4 rings (SSSR count). The van der Waals surface area contributed by atoms with Crippen LogP contribution in [0.1, 0.15) is 37.9 Å². The summed E-state index contributed by atoms with van der Waals surface area (Å²) in [5.74, 6) is 1.13. The molecule has 0 radical (unpaired) electrons. The fraction of sp³-hybridized carbons (Fsp3) is 0.556. The first-order valence-electron chi connectivity index (χ1n) is 8.64. The third-order valence-corrected chi connectivity index (χ3v) is 5.40. The molecule has 2 fully saturated rings. The van der Waals surface area contributed by atoms with Crippen molar-refractivity contribution in [3.8, 4) is 0 Å². The zero-order valence-corrected chi connectivity index (χ0v) is 13.6. The fourth-order valence-corrected chi connectivity index (χ4v) is 4.07. The van der Waals surface area contributed by atoms with E-state index in [0.717, 1.165) is 29.7 Å². The number of nitrogens with one attached hydrogen (secondary N) is 2. The Bertz CT molecular complexity index is 665. The van der Waals surface area contributed by atoms with E-state index in [9.17, 15) is 4.79 Å². The van der Waals surface area contributed by atoms with E-state index in [1.165, 1.54) is 12.8 Å². The highest BCUT2D eigenvalue weighted by molar-refractivity contribution is 5.77. The molecule has 2 atom stereocenters. The van der Waals surface area contributed by atoms with Crippen LogP contribution < -0.4 is 5.32 Å². The van der Waals surface area contributed by atoms with Crippen molar-refractivity contribution in [2.75, 3.05) is 7.05 Å². The van der Waals surface area contributed by atoms with E-state index in [1.54, 1.807) is 0 Å². The maximum absolute atomic E-state index is 12.5. The molecule has 0 aliphatic carbocycles. The number of carbonyl (C=O) groups is 1. The highest BCUT2D eigenvalue weighted by atomic mass is 16.2. The molecule has 0 saturated carbocycles. The lowest BCUT2D eigenvalue weighted by molar-refractivity contribution is -0.132. The minimum absolute atomic E-state index is 0.233. The van der Waals surface area contributed by atoms with Crippen molar-refractivity contribution in [2.45, 2.75) is 56.7 Å². The van der Waals surface area contributed by atoms with Gasteiger partial charge in [-0.3, -0.25) is 4.79 Å². The van der Waals surface area contributed by atoms with Gasteiger partial charge in [0.25, 0.3) is 0 Å². The van der Waals surface area contributed by atoms with Gasteiger partial charge in [-0.25, -0.2) is 4.98 Å². The van der Waals surface area contributed by atoms with E-state index in [2.05, 4.69) is 15.3 Å². The number of fused-ring (bicyclic) bond motifs is 3. The molecule has 0 spiro atoms. The number of hydrogen-bond donors (Lipinski definition) is 2. The van der Waals surface area contributed by atoms with Crippen LogP contribution in [-0.4, -0.2) is 45.9 Å². The first kappa shape index (κ1) is 14.7. The number of hydrogen-bond acceptors (Lipinski definition) is 3. The summed E-state index contributed by atoms with van der Waals surface area (Å²) in [6, 6.07) is 9.62. The molecule has 1 aromatic heterocycles. The largest absolute Gasteiger partial charge is 0.343 e. The minimum atomic E-state index is 0.233. The molecule has 1 aromatic carbocycles. The molecule has 2 aromatic rings. The number of benzene rings is 1. The summed E-state index contributed by atoms with van der Waals surface area (Å²) in [5.41, 5.74) is 2.01. The van der Waals surface area contributed by atoms with Crippen molar-refractivity contribution >= 4 is 16.9 Å². The van der Waals surface area contributed by atoms with Crippen LogP contribution in [0.15, 0.2) is 24.3 Å². The van der Waals surface area contributed by atoms with E-state index in [1.807, 2.05) is 36.2 Å². The summed E-state index contributed by atoms with van der Waals surface area (Å²) in [6.45, 7) is 0. The van der Waals surface area contributed by atoms with E-state index < -0.39 is 0 Å². The van der Waals surface area contributed by atoms with E-state index in [4.69, 9.17) is 0 Å². The second-order valence-corrected chi connectivity index (χ2v) is 6.97. The predicted molar refractivity (Wildman–Crippen MR) is 90.2 cm³/mol. The summed E-state index contributed by atoms with van der Waals surface area (Å²) in [5, 5.41) is 3.63. The average molecular weight is 312 g/mol. The second kappa shape index (κ2) is 5.96. The number of carbonyl (C=O) groups excluding carboxylic acids is 1. The van der Waals surface area contributed by atoms with Crippen molar-refractivity contribution in [3.05, 3.63) is 30.1 Å². The number of H-pyrrole nitrogens is 1. The van der Waals surface area contributed by atoms with Crippen molar-refractivity contribution in [1.82, 2.24) is 20.2 Å². The molecule has 122 valence electrons. The molecule has 3 heterocycles. The summed E-state index contributed by atoms with van der Waals surface area (Å²) in [4.78, 5) is 22.4. The number of rotatable bonds is 4. The predicted octanol–water partition coefficient (Wildman–Crippen LogP) is 2.24. The summed E-state index contributed by atoms with van der Waals surface area (Å²) < 4.78 is 0. The molecule has 2 aliphatic rings. The van der Waals surface area contributed by atoms with Crippen LogP contribution in [0.4, 0.5) is 0 Å². The molecule has 2 saturated heterocycles. The summed E-state index contributed by atoms with van der Waals surface area (Å²) in [6.07, 6.45) is 5.93. The molecule has 1 amide bonds. The lowest BCUT2D eigenvalue weighted by Gasteiger charge is -2.35. The van der Waals surface area contributed by atoms with Crippen molar-refractivity contribution in [2.24, 2.45) is 0 Å². The Hall–Kier alpha value is -1.88. The quantitative estimate of drug-likeness (QED) is 0.910. The van der Waals surface area contributed by atoms with Crippen LogP contribution >= 0.6 is 0 Å². The summed E-state index contributed by atoms with van der Waals surface area (Å²) >= 11 is 0. The lowest BCUT2D eigenvalue weighted by atomic mass is 9.98. The Morgan fingerprint density at radius 2 is 2.00 bits per heavy atom. The van der Waals surface area contributed by atoms with Gasteiger partial charge >= 0.3 is 0 Å². The number of nitrogens with zero attached hydrogens (tertiary/aromatic N) is 2. The van der Waals surface area contributed by atoms with Crippen LogP contribution in [0.25, 0.3) is 11.0 Å². The first-order valence-corrected chi connectivity index (χ1v) is 8.64. The lowest BCUT2D eigenvalue weighted by Crippen LogP contribution is -2.48. The SMILES string of the molecule is CN(C(=O)CCc1nc2ccccc2[nH]1)C1CC2CCC(C1)N2. The van der Waals surface area contributed by atoms with E-state index >= 15 is 0 Å². The van der Waals surface area contributed by atoms with Gasteiger partial charge in [0.1, 0.15) is 5.82 Å². The topological polar surface area (TPSA) is 61.0 Å². The molecular weight excluding hydrogens is 288 g/mol. The van der Waals surface area contributed by atoms with Gasteiger partial charge in [-0.1, -0.05) is 12.1 Å². The zero-order chi connectivity index (χ0) is 15.8. The van der Waals surface area contributed by atoms with Gasteiger partial charge in [-0.15, -0.1) is 0 Å². The van der Waals surface area contributed by atoms with Crippen LogP contribution in [0.3, 0.4) is 0 Å². The zero-order valence-electron chi connectivity index (χ0n) is 13.6. The normalized spacial score (nSPS) is 26.6. The van der Waals surface area contributed by atoms with Crippen LogP contribution in [0.2, 0.25) is 0 Å². The minimum Gasteiger partial charge on any atom is -0.343 e. The Balaban J connectivity index is 1.35. The fourth-order valence-electron chi connectivity index (χ4n) is 4.07. The third-order valence-electron chi connectivity index (χ3n) is 5.40. The van der Waals surface area contributed by atoms with Gasteiger partial charge < -0.3 is 15.2 Å². The number of piperidine rings is 1. The molecule has 2 aliphatic heterocycles. The van der Waals surface area contributed by atoms with Crippen LogP contribution in [-0.2, 0) is 11.2 Å². The van der Waals surface area contributed by atoms with Crippen molar-refractivity contribution in [3.63, 3.8) is 0 Å². The molecule has 5 nitrogen and oxygen atoms in total. The number of imidazole rings is 1. The molecule has 2 bridgehead atoms. The number of aromatic amines is 1. The van der Waals surface area contributed by atoms with E-state index in [0.29, 0.717) is 31.0 Å². The maximum atomic E-state index is 12.5. The molecule has 2 unspecified atom stereocenters. The Morgan fingerprint density at radius 3 is 2.74 bits per heavy atom. The van der Waals surface area contributed by atoms with Gasteiger partial charge in [0.05, 0.1) is 11.0 Å². The smallest absolute Gasteiger partial charge is 0.223 e. The average Bonchev–Trinajstić information content (AvgIpc) is 3.14. The van der Waals surface area contributed by atoms with Gasteiger partial charge in [0, 0.05) is 38.0 Å². The van der Waals surface area contributed by atoms with Gasteiger partial charge in [-0.05, 0) is 37.8 Å².